The number of nitrogens with two attached hydrogens (primary N) is 2. The number of hydrazine groups is 1. The van der Waals surface area contributed by atoms with E-state index in [4.69, 9.17) is 16.1 Å². The number of hydrazone groups is 1. The van der Waals surface area contributed by atoms with Gasteiger partial charge in [-0.25, -0.2) is 5.84 Å². The van der Waals surface area contributed by atoms with Crippen LogP contribution in [0.15, 0.2) is 20.3 Å². The fourth-order valence-corrected chi connectivity index (χ4v) is 1.34. The van der Waals surface area contributed by atoms with Crippen LogP contribution >= 0.6 is 15.9 Å². The van der Waals surface area contributed by atoms with Crippen LogP contribution in [-0.2, 0) is 0 Å². The van der Waals surface area contributed by atoms with Crippen molar-refractivity contribution in [2.24, 2.45) is 16.8 Å². The van der Waals surface area contributed by atoms with Crippen LogP contribution in [0.4, 0.5) is 0 Å². The highest BCUT2D eigenvalue weighted by Crippen LogP contribution is 2.19. The maximum absolute atomic E-state index is 5.18. The number of rotatable bonds is 1. The van der Waals surface area contributed by atoms with E-state index in [0.29, 0.717) is 16.3 Å². The molecule has 0 bridgehead atoms. The molecule has 0 fully saturated rings. The molecule has 0 saturated carbocycles. The first-order valence-electron chi connectivity index (χ1n) is 3.20. The van der Waals surface area contributed by atoms with Gasteiger partial charge in [-0.05, 0) is 22.9 Å². The van der Waals surface area contributed by atoms with Crippen LogP contribution in [-0.4, -0.2) is 5.84 Å². The predicted octanol–water partition coefficient (Wildman–Crippen LogP) is 0.434. The van der Waals surface area contributed by atoms with Gasteiger partial charge in [0.15, 0.2) is 10.5 Å². The summed E-state index contributed by atoms with van der Waals surface area (Å²) in [5, 5.41) is 3.45. The molecule has 0 atom stereocenters. The van der Waals surface area contributed by atoms with Gasteiger partial charge in [0.25, 0.3) is 0 Å². The average molecular weight is 233 g/mol. The van der Waals surface area contributed by atoms with Crippen LogP contribution in [0.3, 0.4) is 0 Å². The van der Waals surface area contributed by atoms with Crippen molar-refractivity contribution in [3.8, 4) is 0 Å². The maximum Gasteiger partial charge on any atom is 0.170 e. The minimum Gasteiger partial charge on any atom is -0.454 e. The molecular formula is C6H9BrN4O. The SMILES string of the molecule is Cc1oc(Br)cc1/C(=N/N)NN. The number of hydrogen-bond donors (Lipinski definition) is 3. The Labute approximate surface area is 77.9 Å². The first-order chi connectivity index (χ1) is 5.69. The lowest BCUT2D eigenvalue weighted by Gasteiger charge is -1.99. The molecule has 1 aromatic heterocycles. The van der Waals surface area contributed by atoms with E-state index in [2.05, 4.69) is 26.5 Å². The molecule has 0 aromatic carbocycles. The van der Waals surface area contributed by atoms with Crippen molar-refractivity contribution in [2.45, 2.75) is 6.92 Å². The summed E-state index contributed by atoms with van der Waals surface area (Å²) in [6, 6.07) is 1.74. The molecule has 12 heavy (non-hydrogen) atoms. The molecule has 6 heteroatoms. The number of halogens is 1. The Kier molecular flexibility index (Phi) is 2.72. The summed E-state index contributed by atoms with van der Waals surface area (Å²) in [4.78, 5) is 0. The summed E-state index contributed by atoms with van der Waals surface area (Å²) in [5.41, 5.74) is 3.11. The summed E-state index contributed by atoms with van der Waals surface area (Å²) < 4.78 is 5.80. The van der Waals surface area contributed by atoms with Crippen LogP contribution in [0.1, 0.15) is 11.3 Å². The fraction of sp³-hybridized carbons (Fsp3) is 0.167. The molecule has 0 saturated heterocycles. The summed E-state index contributed by atoms with van der Waals surface area (Å²) in [7, 11) is 0. The number of aryl methyl sites for hydroxylation is 1. The Morgan fingerprint density at radius 2 is 2.42 bits per heavy atom. The van der Waals surface area contributed by atoms with E-state index < -0.39 is 0 Å². The number of nitrogens with one attached hydrogen (secondary N) is 1. The third-order valence-corrected chi connectivity index (χ3v) is 1.80. The maximum atomic E-state index is 5.18. The van der Waals surface area contributed by atoms with Crippen molar-refractivity contribution in [3.63, 3.8) is 0 Å². The number of furan rings is 1. The van der Waals surface area contributed by atoms with Crippen molar-refractivity contribution < 1.29 is 4.42 Å². The highest BCUT2D eigenvalue weighted by Gasteiger charge is 2.10. The fourth-order valence-electron chi connectivity index (χ4n) is 0.865. The van der Waals surface area contributed by atoms with Crippen LogP contribution in [0, 0.1) is 6.92 Å². The van der Waals surface area contributed by atoms with Crippen LogP contribution in [0.2, 0.25) is 0 Å². The zero-order chi connectivity index (χ0) is 9.14. The molecule has 0 radical (unpaired) electrons. The Bertz CT molecular complexity index is 306. The molecule has 0 aliphatic carbocycles. The van der Waals surface area contributed by atoms with E-state index in [9.17, 15) is 0 Å². The van der Waals surface area contributed by atoms with Gasteiger partial charge in [0, 0.05) is 6.07 Å². The van der Waals surface area contributed by atoms with E-state index in [1.807, 2.05) is 0 Å². The van der Waals surface area contributed by atoms with Gasteiger partial charge in [-0.2, -0.15) is 5.10 Å². The lowest BCUT2D eigenvalue weighted by Crippen LogP contribution is -2.32. The van der Waals surface area contributed by atoms with Crippen LogP contribution in [0.25, 0.3) is 0 Å². The van der Waals surface area contributed by atoms with Gasteiger partial charge >= 0.3 is 0 Å². The highest BCUT2D eigenvalue weighted by atomic mass is 79.9. The molecular weight excluding hydrogens is 224 g/mol. The monoisotopic (exact) mass is 232 g/mol. The first kappa shape index (κ1) is 9.08. The van der Waals surface area contributed by atoms with Crippen molar-refractivity contribution in [2.75, 3.05) is 0 Å². The van der Waals surface area contributed by atoms with Gasteiger partial charge in [0.2, 0.25) is 0 Å². The average Bonchev–Trinajstić information content (AvgIpc) is 2.34. The lowest BCUT2D eigenvalue weighted by molar-refractivity contribution is 0.509. The second kappa shape index (κ2) is 3.59. The molecule has 0 unspecified atom stereocenters. The van der Waals surface area contributed by atoms with Crippen molar-refractivity contribution >= 4 is 21.8 Å². The van der Waals surface area contributed by atoms with Gasteiger partial charge in [0.05, 0.1) is 5.56 Å². The smallest absolute Gasteiger partial charge is 0.170 e. The van der Waals surface area contributed by atoms with Crippen molar-refractivity contribution in [3.05, 3.63) is 22.1 Å². The third kappa shape index (κ3) is 1.59. The largest absolute Gasteiger partial charge is 0.454 e. The van der Waals surface area contributed by atoms with Gasteiger partial charge in [-0.1, -0.05) is 0 Å². The van der Waals surface area contributed by atoms with Gasteiger partial charge in [-0.3, -0.25) is 0 Å². The Balaban J connectivity index is 3.09. The summed E-state index contributed by atoms with van der Waals surface area (Å²) >= 11 is 3.18. The second-order valence-electron chi connectivity index (χ2n) is 2.14. The third-order valence-electron chi connectivity index (χ3n) is 1.41. The molecule has 5 nitrogen and oxygen atoms in total. The van der Waals surface area contributed by atoms with E-state index in [1.54, 1.807) is 13.0 Å². The summed E-state index contributed by atoms with van der Waals surface area (Å²) in [6.45, 7) is 1.79. The Morgan fingerprint density at radius 1 is 1.75 bits per heavy atom. The Hall–Kier alpha value is -1.01. The molecule has 0 spiro atoms. The van der Waals surface area contributed by atoms with E-state index in [0.717, 1.165) is 5.56 Å². The first-order valence-corrected chi connectivity index (χ1v) is 3.99. The molecule has 1 heterocycles. The van der Waals surface area contributed by atoms with Gasteiger partial charge in [0.1, 0.15) is 5.76 Å². The minimum atomic E-state index is 0.391. The van der Waals surface area contributed by atoms with Gasteiger partial charge < -0.3 is 15.7 Å². The highest BCUT2D eigenvalue weighted by molar-refractivity contribution is 9.10. The summed E-state index contributed by atoms with van der Waals surface area (Å²) in [6.07, 6.45) is 0. The molecule has 0 amide bonds. The van der Waals surface area contributed by atoms with E-state index >= 15 is 0 Å². The zero-order valence-corrected chi connectivity index (χ0v) is 8.05. The van der Waals surface area contributed by atoms with E-state index in [-0.39, 0.29) is 0 Å². The molecule has 0 aliphatic rings. The molecule has 1 rings (SSSR count). The van der Waals surface area contributed by atoms with E-state index in [1.165, 1.54) is 0 Å². The number of hydrogen-bond acceptors (Lipinski definition) is 4. The number of amidine groups is 1. The standard InChI is InChI=1S/C6H9BrN4O/c1-3-4(2-5(7)12-3)6(10-8)11-9/h2H,8-9H2,1H3,(H,10,11). The molecule has 5 N–H and O–H groups in total. The molecule has 0 aliphatic heterocycles. The normalized spacial score (nSPS) is 11.8. The number of nitrogens with zero attached hydrogens (tertiary/aromatic N) is 1. The molecule has 66 valence electrons. The zero-order valence-electron chi connectivity index (χ0n) is 6.47. The van der Waals surface area contributed by atoms with Crippen LogP contribution < -0.4 is 17.1 Å². The topological polar surface area (TPSA) is 89.6 Å². The predicted molar refractivity (Wildman–Crippen MR) is 49.2 cm³/mol. The van der Waals surface area contributed by atoms with Gasteiger partial charge in [-0.15, -0.1) is 0 Å². The van der Waals surface area contributed by atoms with Crippen molar-refractivity contribution in [1.29, 1.82) is 0 Å². The van der Waals surface area contributed by atoms with Crippen molar-refractivity contribution in [1.82, 2.24) is 5.43 Å². The molecule has 1 aromatic rings. The lowest BCUT2D eigenvalue weighted by atomic mass is 10.2. The minimum absolute atomic E-state index is 0.391. The quantitative estimate of drug-likeness (QED) is 0.284. The van der Waals surface area contributed by atoms with Crippen LogP contribution in [0.5, 0.6) is 0 Å². The summed E-state index contributed by atoms with van der Waals surface area (Å²) in [5.74, 6) is 11.3. The second-order valence-corrected chi connectivity index (χ2v) is 2.92. The Morgan fingerprint density at radius 3 is 2.75 bits per heavy atom.